The molecule has 1 aromatic heterocycles. The maximum Gasteiger partial charge on any atom is 0.102 e. The zero-order chi connectivity index (χ0) is 10.1. The Morgan fingerprint density at radius 3 is 2.93 bits per heavy atom. The van der Waals surface area contributed by atoms with Crippen LogP contribution < -0.4 is 5.73 Å². The first-order chi connectivity index (χ1) is 6.77. The second kappa shape index (κ2) is 3.52. The van der Waals surface area contributed by atoms with Crippen molar-refractivity contribution in [3.63, 3.8) is 0 Å². The number of anilines is 1. The van der Waals surface area contributed by atoms with Crippen molar-refractivity contribution >= 4 is 38.9 Å². The Labute approximate surface area is 90.3 Å². The molecule has 0 aliphatic rings. The number of nitriles is 1. The highest BCUT2D eigenvalue weighted by molar-refractivity contribution is 7.99. The molecule has 0 fully saturated rings. The molecule has 2 aromatic rings. The Bertz CT molecular complexity index is 523. The van der Waals surface area contributed by atoms with Gasteiger partial charge in [0.05, 0.1) is 11.3 Å². The Balaban J connectivity index is 2.90. The van der Waals surface area contributed by atoms with Gasteiger partial charge in [0.1, 0.15) is 6.07 Å². The lowest BCUT2D eigenvalue weighted by atomic mass is 10.1. The van der Waals surface area contributed by atoms with Gasteiger partial charge in [0.2, 0.25) is 0 Å². The lowest BCUT2D eigenvalue weighted by molar-refractivity contribution is 1.49. The van der Waals surface area contributed by atoms with E-state index >= 15 is 0 Å². The molecule has 0 spiro atoms. The first-order valence-corrected chi connectivity index (χ1v) is 6.12. The third-order valence-electron chi connectivity index (χ3n) is 2.07. The summed E-state index contributed by atoms with van der Waals surface area (Å²) in [5.41, 5.74) is 6.92. The van der Waals surface area contributed by atoms with Gasteiger partial charge in [-0.05, 0) is 18.4 Å². The van der Waals surface area contributed by atoms with Gasteiger partial charge < -0.3 is 5.73 Å². The Kier molecular flexibility index (Phi) is 2.36. The van der Waals surface area contributed by atoms with Gasteiger partial charge in [0.15, 0.2) is 0 Å². The second-order valence-electron chi connectivity index (χ2n) is 2.82. The molecular formula is C10H8N2S2. The minimum absolute atomic E-state index is 0.564. The SMILES string of the molecule is CSc1csc2ccc(N)c(C#N)c12. The first kappa shape index (κ1) is 9.38. The van der Waals surface area contributed by atoms with Crippen molar-refractivity contribution in [3.05, 3.63) is 23.1 Å². The molecule has 0 aliphatic heterocycles. The average Bonchev–Trinajstić information content (AvgIpc) is 2.61. The molecule has 0 bridgehead atoms. The van der Waals surface area contributed by atoms with Gasteiger partial charge in [-0.25, -0.2) is 0 Å². The van der Waals surface area contributed by atoms with Crippen molar-refractivity contribution in [1.29, 1.82) is 5.26 Å². The Hall–Kier alpha value is -1.18. The molecule has 0 atom stereocenters. The van der Waals surface area contributed by atoms with Crippen LogP contribution in [-0.4, -0.2) is 6.26 Å². The lowest BCUT2D eigenvalue weighted by Gasteiger charge is -2.00. The number of rotatable bonds is 1. The van der Waals surface area contributed by atoms with Gasteiger partial charge in [-0.3, -0.25) is 0 Å². The van der Waals surface area contributed by atoms with Gasteiger partial charge in [-0.15, -0.1) is 23.1 Å². The molecule has 4 heteroatoms. The fourth-order valence-electron chi connectivity index (χ4n) is 1.39. The van der Waals surface area contributed by atoms with E-state index in [9.17, 15) is 0 Å². The monoisotopic (exact) mass is 220 g/mol. The number of thiophene rings is 1. The van der Waals surface area contributed by atoms with Crippen LogP contribution in [0.5, 0.6) is 0 Å². The summed E-state index contributed by atoms with van der Waals surface area (Å²) in [6, 6.07) is 5.93. The highest BCUT2D eigenvalue weighted by atomic mass is 32.2. The number of thioether (sulfide) groups is 1. The Morgan fingerprint density at radius 2 is 2.29 bits per heavy atom. The van der Waals surface area contributed by atoms with Crippen molar-refractivity contribution in [2.75, 3.05) is 12.0 Å². The van der Waals surface area contributed by atoms with Gasteiger partial charge in [0, 0.05) is 20.4 Å². The van der Waals surface area contributed by atoms with E-state index in [1.807, 2.05) is 12.3 Å². The predicted molar refractivity (Wildman–Crippen MR) is 62.7 cm³/mol. The normalized spacial score (nSPS) is 10.3. The maximum absolute atomic E-state index is 9.02. The van der Waals surface area contributed by atoms with Gasteiger partial charge >= 0.3 is 0 Å². The number of hydrogen-bond acceptors (Lipinski definition) is 4. The largest absolute Gasteiger partial charge is 0.398 e. The Morgan fingerprint density at radius 1 is 1.50 bits per heavy atom. The molecule has 0 radical (unpaired) electrons. The van der Waals surface area contributed by atoms with Crippen molar-refractivity contribution in [2.24, 2.45) is 0 Å². The van der Waals surface area contributed by atoms with Gasteiger partial charge in [0.25, 0.3) is 0 Å². The van der Waals surface area contributed by atoms with Crippen LogP contribution in [0.1, 0.15) is 5.56 Å². The summed E-state index contributed by atoms with van der Waals surface area (Å²) in [6.45, 7) is 0. The van der Waals surface area contributed by atoms with E-state index in [0.29, 0.717) is 11.3 Å². The third-order valence-corrected chi connectivity index (χ3v) is 3.93. The molecule has 0 saturated carbocycles. The van der Waals surface area contributed by atoms with E-state index in [2.05, 4.69) is 11.4 Å². The van der Waals surface area contributed by atoms with E-state index in [0.717, 1.165) is 15.0 Å². The summed E-state index contributed by atoms with van der Waals surface area (Å²) in [4.78, 5) is 1.13. The van der Waals surface area contributed by atoms with Crippen LogP contribution in [-0.2, 0) is 0 Å². The molecule has 2 N–H and O–H groups in total. The molecule has 2 rings (SSSR count). The summed E-state index contributed by atoms with van der Waals surface area (Å²) in [7, 11) is 0. The third kappa shape index (κ3) is 1.26. The van der Waals surface area contributed by atoms with E-state index in [1.54, 1.807) is 29.2 Å². The first-order valence-electron chi connectivity index (χ1n) is 4.01. The van der Waals surface area contributed by atoms with E-state index < -0.39 is 0 Å². The van der Waals surface area contributed by atoms with Crippen molar-refractivity contribution in [3.8, 4) is 6.07 Å². The summed E-state index contributed by atoms with van der Waals surface area (Å²) in [5.74, 6) is 0. The number of hydrogen-bond donors (Lipinski definition) is 1. The molecule has 0 saturated heterocycles. The minimum atomic E-state index is 0.564. The predicted octanol–water partition coefficient (Wildman–Crippen LogP) is 3.08. The highest BCUT2D eigenvalue weighted by Gasteiger charge is 2.10. The molecular weight excluding hydrogens is 212 g/mol. The van der Waals surface area contributed by atoms with Gasteiger partial charge in [-0.1, -0.05) is 0 Å². The van der Waals surface area contributed by atoms with Crippen LogP contribution in [0.25, 0.3) is 10.1 Å². The number of nitrogen functional groups attached to an aromatic ring is 1. The number of benzene rings is 1. The lowest BCUT2D eigenvalue weighted by Crippen LogP contribution is -1.90. The molecule has 1 aromatic carbocycles. The fourth-order valence-corrected chi connectivity index (χ4v) is 3.23. The average molecular weight is 220 g/mol. The fraction of sp³-hybridized carbons (Fsp3) is 0.100. The quantitative estimate of drug-likeness (QED) is 0.593. The molecule has 1 heterocycles. The topological polar surface area (TPSA) is 49.8 Å². The van der Waals surface area contributed by atoms with Crippen LogP contribution in [0.4, 0.5) is 5.69 Å². The van der Waals surface area contributed by atoms with Crippen molar-refractivity contribution < 1.29 is 0 Å². The van der Waals surface area contributed by atoms with E-state index in [1.165, 1.54) is 0 Å². The number of nitrogens with zero attached hydrogens (tertiary/aromatic N) is 1. The minimum Gasteiger partial charge on any atom is -0.398 e. The second-order valence-corrected chi connectivity index (χ2v) is 4.58. The summed E-state index contributed by atoms with van der Waals surface area (Å²) in [5, 5.41) is 12.1. The maximum atomic E-state index is 9.02. The summed E-state index contributed by atoms with van der Waals surface area (Å²) >= 11 is 3.30. The summed E-state index contributed by atoms with van der Waals surface area (Å²) in [6.07, 6.45) is 2.01. The number of fused-ring (bicyclic) bond motifs is 1. The van der Waals surface area contributed by atoms with Crippen LogP contribution in [0.3, 0.4) is 0 Å². The molecule has 0 aliphatic carbocycles. The van der Waals surface area contributed by atoms with Crippen LogP contribution in [0.15, 0.2) is 22.4 Å². The molecule has 70 valence electrons. The molecule has 14 heavy (non-hydrogen) atoms. The van der Waals surface area contributed by atoms with Crippen LogP contribution in [0, 0.1) is 11.3 Å². The summed E-state index contributed by atoms with van der Waals surface area (Å²) < 4.78 is 1.13. The highest BCUT2D eigenvalue weighted by Crippen LogP contribution is 2.36. The zero-order valence-corrected chi connectivity index (χ0v) is 9.21. The number of nitrogens with two attached hydrogens (primary N) is 1. The van der Waals surface area contributed by atoms with Crippen LogP contribution in [0.2, 0.25) is 0 Å². The zero-order valence-electron chi connectivity index (χ0n) is 7.57. The van der Waals surface area contributed by atoms with E-state index in [4.69, 9.17) is 11.0 Å². The van der Waals surface area contributed by atoms with Crippen molar-refractivity contribution in [2.45, 2.75) is 4.90 Å². The standard InChI is InChI=1S/C10H8N2S2/c1-13-9-5-14-8-3-2-7(12)6(4-11)10(8)9/h2-3,5H,12H2,1H3. The van der Waals surface area contributed by atoms with Crippen LogP contribution >= 0.6 is 23.1 Å². The molecule has 0 amide bonds. The van der Waals surface area contributed by atoms with Crippen molar-refractivity contribution in [1.82, 2.24) is 0 Å². The van der Waals surface area contributed by atoms with Gasteiger partial charge in [-0.2, -0.15) is 5.26 Å². The smallest absolute Gasteiger partial charge is 0.102 e. The molecule has 2 nitrogen and oxygen atoms in total. The van der Waals surface area contributed by atoms with E-state index in [-0.39, 0.29) is 0 Å². The molecule has 0 unspecified atom stereocenters.